The quantitative estimate of drug-likeness (QED) is 0.444. The van der Waals surface area contributed by atoms with Crippen LogP contribution in [0.15, 0.2) is 57.0 Å². The minimum absolute atomic E-state index is 0.129. The molecule has 0 amide bonds. The van der Waals surface area contributed by atoms with Crippen molar-refractivity contribution >= 4 is 37.9 Å². The van der Waals surface area contributed by atoms with Gasteiger partial charge in [0.25, 0.3) is 11.1 Å². The van der Waals surface area contributed by atoms with E-state index in [1.807, 2.05) is 48.9 Å². The summed E-state index contributed by atoms with van der Waals surface area (Å²) in [6, 6.07) is 9.58. The fourth-order valence-corrected chi connectivity index (χ4v) is 5.18. The number of thiazole rings is 1. The Morgan fingerprint density at radius 1 is 1.03 bits per heavy atom. The van der Waals surface area contributed by atoms with E-state index >= 15 is 0 Å². The third-order valence-electron chi connectivity index (χ3n) is 4.88. The molecule has 5 rings (SSSR count). The molecular formula is C21H16N4O2S2. The van der Waals surface area contributed by atoms with Crippen molar-refractivity contribution in [3.05, 3.63) is 85.1 Å². The Morgan fingerprint density at radius 3 is 2.62 bits per heavy atom. The Morgan fingerprint density at radius 2 is 1.83 bits per heavy atom. The van der Waals surface area contributed by atoms with Crippen molar-refractivity contribution in [3.63, 3.8) is 0 Å². The fourth-order valence-electron chi connectivity index (χ4n) is 3.38. The summed E-state index contributed by atoms with van der Waals surface area (Å²) in [5.41, 5.74) is 4.18. The van der Waals surface area contributed by atoms with E-state index in [1.165, 1.54) is 45.2 Å². The van der Waals surface area contributed by atoms with Gasteiger partial charge in [-0.3, -0.25) is 18.6 Å². The number of fused-ring (bicyclic) bond motifs is 2. The number of aromatic nitrogens is 4. The predicted molar refractivity (Wildman–Crippen MR) is 117 cm³/mol. The van der Waals surface area contributed by atoms with Gasteiger partial charge < -0.3 is 0 Å². The molecule has 0 saturated carbocycles. The number of hydrogen-bond donors (Lipinski definition) is 0. The molecule has 0 aliphatic carbocycles. The number of nitrogens with zero attached hydrogens (tertiary/aromatic N) is 4. The largest absolute Gasteiger partial charge is 0.293 e. The molecule has 144 valence electrons. The summed E-state index contributed by atoms with van der Waals surface area (Å²) in [6.07, 6.45) is 1.53. The highest BCUT2D eigenvalue weighted by atomic mass is 32.1. The molecule has 0 radical (unpaired) electrons. The van der Waals surface area contributed by atoms with Crippen LogP contribution in [0.2, 0.25) is 0 Å². The van der Waals surface area contributed by atoms with Gasteiger partial charge in [0.1, 0.15) is 4.83 Å². The molecule has 29 heavy (non-hydrogen) atoms. The van der Waals surface area contributed by atoms with Gasteiger partial charge in [-0.1, -0.05) is 29.8 Å². The second kappa shape index (κ2) is 6.75. The lowest BCUT2D eigenvalue weighted by atomic mass is 10.1. The van der Waals surface area contributed by atoms with Crippen LogP contribution in [0.5, 0.6) is 0 Å². The molecule has 0 bridgehead atoms. The molecule has 0 aliphatic rings. The van der Waals surface area contributed by atoms with Crippen molar-refractivity contribution in [2.75, 3.05) is 0 Å². The molecule has 0 aliphatic heterocycles. The molecule has 4 aromatic heterocycles. The smallest absolute Gasteiger partial charge is 0.263 e. The normalized spacial score (nSPS) is 11.5. The lowest BCUT2D eigenvalue weighted by Gasteiger charge is -2.06. The molecule has 6 nitrogen and oxygen atoms in total. The van der Waals surface area contributed by atoms with Gasteiger partial charge in [-0.25, -0.2) is 9.97 Å². The summed E-state index contributed by atoms with van der Waals surface area (Å²) in [4.78, 5) is 36.0. The number of benzene rings is 1. The topological polar surface area (TPSA) is 69.3 Å². The van der Waals surface area contributed by atoms with Gasteiger partial charge in [0.15, 0.2) is 4.96 Å². The Balaban J connectivity index is 1.62. The van der Waals surface area contributed by atoms with Crippen molar-refractivity contribution in [2.45, 2.75) is 20.4 Å². The molecular weight excluding hydrogens is 404 g/mol. The van der Waals surface area contributed by atoms with Crippen molar-refractivity contribution < 1.29 is 0 Å². The van der Waals surface area contributed by atoms with Crippen LogP contribution in [0.4, 0.5) is 0 Å². The van der Waals surface area contributed by atoms with Crippen LogP contribution in [-0.4, -0.2) is 18.9 Å². The van der Waals surface area contributed by atoms with Gasteiger partial charge in [-0.15, -0.1) is 22.7 Å². The number of rotatable bonds is 3. The highest BCUT2D eigenvalue weighted by Crippen LogP contribution is 2.30. The first kappa shape index (κ1) is 18.0. The molecule has 0 atom stereocenters. The zero-order chi connectivity index (χ0) is 20.1. The number of thiophene rings is 1. The molecule has 0 saturated heterocycles. The third-order valence-corrected chi connectivity index (χ3v) is 6.71. The first-order valence-corrected chi connectivity index (χ1v) is 10.8. The van der Waals surface area contributed by atoms with Gasteiger partial charge in [0.2, 0.25) is 0 Å². The SMILES string of the molecule is Cc1ccc(-c2csc3ncn(Cc4cc(=O)n5c(C)csc5n4)c(=O)c23)cc1. The second-order valence-corrected chi connectivity index (χ2v) is 8.65. The van der Waals surface area contributed by atoms with E-state index in [2.05, 4.69) is 9.97 Å². The maximum absolute atomic E-state index is 13.2. The Labute approximate surface area is 173 Å². The summed E-state index contributed by atoms with van der Waals surface area (Å²) < 4.78 is 3.10. The van der Waals surface area contributed by atoms with Crippen LogP contribution in [0.1, 0.15) is 17.0 Å². The maximum atomic E-state index is 13.2. The fraction of sp³-hybridized carbons (Fsp3) is 0.143. The van der Waals surface area contributed by atoms with Gasteiger partial charge >= 0.3 is 0 Å². The number of aryl methyl sites for hydroxylation is 2. The molecule has 1 aromatic carbocycles. The van der Waals surface area contributed by atoms with E-state index in [0.717, 1.165) is 16.8 Å². The number of hydrogen-bond acceptors (Lipinski definition) is 6. The lowest BCUT2D eigenvalue weighted by molar-refractivity contribution is 0.728. The van der Waals surface area contributed by atoms with E-state index in [9.17, 15) is 9.59 Å². The minimum Gasteiger partial charge on any atom is -0.293 e. The van der Waals surface area contributed by atoms with E-state index in [1.54, 1.807) is 4.40 Å². The average molecular weight is 421 g/mol. The van der Waals surface area contributed by atoms with Crippen molar-refractivity contribution in [2.24, 2.45) is 0 Å². The van der Waals surface area contributed by atoms with E-state index in [4.69, 9.17) is 0 Å². The first-order chi connectivity index (χ1) is 14.0. The van der Waals surface area contributed by atoms with Crippen LogP contribution in [0.25, 0.3) is 26.3 Å². The molecule has 0 N–H and O–H groups in total. The molecule has 8 heteroatoms. The Hall–Kier alpha value is -3.10. The predicted octanol–water partition coefficient (Wildman–Crippen LogP) is 3.86. The van der Waals surface area contributed by atoms with Crippen LogP contribution in [0, 0.1) is 13.8 Å². The summed E-state index contributed by atoms with van der Waals surface area (Å²) in [7, 11) is 0. The van der Waals surface area contributed by atoms with E-state index in [0.29, 0.717) is 20.9 Å². The molecule has 0 unspecified atom stereocenters. The zero-order valence-corrected chi connectivity index (χ0v) is 17.4. The zero-order valence-electron chi connectivity index (χ0n) is 15.7. The molecule has 4 heterocycles. The van der Waals surface area contributed by atoms with E-state index in [-0.39, 0.29) is 17.7 Å². The second-order valence-electron chi connectivity index (χ2n) is 6.95. The van der Waals surface area contributed by atoms with Gasteiger partial charge in [0, 0.05) is 28.1 Å². The standard InChI is InChI=1S/C21H16N4O2S2/c1-12-3-5-14(6-4-12)16-10-28-19-18(16)20(27)24(11-22-19)8-15-7-17(26)25-13(2)9-29-21(25)23-15/h3-7,9-11H,8H2,1-2H3. The Kier molecular flexibility index (Phi) is 4.18. The highest BCUT2D eigenvalue weighted by molar-refractivity contribution is 7.17. The van der Waals surface area contributed by atoms with Crippen molar-refractivity contribution in [1.29, 1.82) is 0 Å². The molecule has 5 aromatic rings. The highest BCUT2D eigenvalue weighted by Gasteiger charge is 2.14. The van der Waals surface area contributed by atoms with Crippen molar-refractivity contribution in [3.8, 4) is 11.1 Å². The summed E-state index contributed by atoms with van der Waals surface area (Å²) in [5.74, 6) is 0. The summed E-state index contributed by atoms with van der Waals surface area (Å²) in [6.45, 7) is 4.11. The first-order valence-electron chi connectivity index (χ1n) is 9.02. The van der Waals surface area contributed by atoms with E-state index < -0.39 is 0 Å². The van der Waals surface area contributed by atoms with Crippen LogP contribution in [-0.2, 0) is 6.54 Å². The maximum Gasteiger partial charge on any atom is 0.263 e. The summed E-state index contributed by atoms with van der Waals surface area (Å²) in [5, 5.41) is 4.47. The molecule has 0 fully saturated rings. The summed E-state index contributed by atoms with van der Waals surface area (Å²) >= 11 is 2.87. The van der Waals surface area contributed by atoms with Crippen LogP contribution >= 0.6 is 22.7 Å². The lowest BCUT2D eigenvalue weighted by Crippen LogP contribution is -2.23. The minimum atomic E-state index is -0.137. The van der Waals surface area contributed by atoms with Crippen molar-refractivity contribution in [1.82, 2.24) is 18.9 Å². The van der Waals surface area contributed by atoms with Gasteiger partial charge in [0.05, 0.1) is 24.0 Å². The monoisotopic (exact) mass is 420 g/mol. The van der Waals surface area contributed by atoms with Crippen LogP contribution in [0.3, 0.4) is 0 Å². The Bertz CT molecular complexity index is 1490. The van der Waals surface area contributed by atoms with Gasteiger partial charge in [-0.2, -0.15) is 0 Å². The van der Waals surface area contributed by atoms with Crippen LogP contribution < -0.4 is 11.1 Å². The average Bonchev–Trinajstić information content (AvgIpc) is 3.29. The van der Waals surface area contributed by atoms with Gasteiger partial charge in [-0.05, 0) is 19.4 Å². The molecule has 0 spiro atoms. The third kappa shape index (κ3) is 3.01.